The van der Waals surface area contributed by atoms with Gasteiger partial charge in [-0.25, -0.2) is 0 Å². The summed E-state index contributed by atoms with van der Waals surface area (Å²) in [6, 6.07) is 0. The maximum Gasteiger partial charge on any atom is 0.0501 e. The molecule has 0 aromatic heterocycles. The molecule has 0 aromatic rings. The van der Waals surface area contributed by atoms with Crippen molar-refractivity contribution in [2.75, 3.05) is 6.26 Å². The lowest BCUT2D eigenvalue weighted by atomic mass is 10.3. The molecule has 42 valence electrons. The Morgan fingerprint density at radius 3 is 2.00 bits per heavy atom. The quantitative estimate of drug-likeness (QED) is 0.505. The minimum atomic E-state index is 0.560. The van der Waals surface area contributed by atoms with Crippen molar-refractivity contribution in [3.8, 4) is 0 Å². The summed E-state index contributed by atoms with van der Waals surface area (Å²) >= 11 is 6.61. The molecule has 0 aliphatic heterocycles. The van der Waals surface area contributed by atoms with Crippen LogP contribution in [-0.2, 0) is 0 Å². The van der Waals surface area contributed by atoms with Gasteiger partial charge in [0, 0.05) is 0 Å². The van der Waals surface area contributed by atoms with E-state index in [1.54, 1.807) is 11.8 Å². The van der Waals surface area contributed by atoms with Gasteiger partial charge in [-0.15, -0.1) is 11.8 Å². The highest BCUT2D eigenvalue weighted by Gasteiger charge is 1.96. The molecule has 7 heavy (non-hydrogen) atoms. The van der Waals surface area contributed by atoms with E-state index in [9.17, 15) is 0 Å². The van der Waals surface area contributed by atoms with E-state index in [1.165, 1.54) is 0 Å². The van der Waals surface area contributed by atoms with Crippen molar-refractivity contribution in [1.82, 2.24) is 0 Å². The largest absolute Gasteiger partial charge is 0.122 e. The van der Waals surface area contributed by atoms with Crippen LogP contribution in [0.25, 0.3) is 0 Å². The Balaban J connectivity index is 3.35. The third kappa shape index (κ3) is 3.06. The average Bonchev–Trinajstić information content (AvgIpc) is 1.65. The molecule has 0 aromatic carbocycles. The number of thiocarbonyl (C=S) groups is 1. The summed E-state index contributed by atoms with van der Waals surface area (Å²) in [5.41, 5.74) is 0. The van der Waals surface area contributed by atoms with Gasteiger partial charge in [-0.05, 0) is 12.2 Å². The highest BCUT2D eigenvalue weighted by atomic mass is 32.2. The van der Waals surface area contributed by atoms with Gasteiger partial charge in [-0.3, -0.25) is 0 Å². The van der Waals surface area contributed by atoms with E-state index in [0.717, 1.165) is 4.20 Å². The van der Waals surface area contributed by atoms with E-state index >= 15 is 0 Å². The Morgan fingerprint density at radius 1 is 1.57 bits per heavy atom. The molecule has 0 nitrogen and oxygen atoms in total. The second kappa shape index (κ2) is 3.44. The van der Waals surface area contributed by atoms with Crippen molar-refractivity contribution < 1.29 is 0 Å². The Kier molecular flexibility index (Phi) is 3.66. The Morgan fingerprint density at radius 2 is 2.00 bits per heavy atom. The first-order chi connectivity index (χ1) is 3.18. The molecule has 0 N–H and O–H groups in total. The van der Waals surface area contributed by atoms with Crippen molar-refractivity contribution in [2.24, 2.45) is 5.92 Å². The fraction of sp³-hybridized carbons (Fsp3) is 0.800. The summed E-state index contributed by atoms with van der Waals surface area (Å²) < 4.78 is 1.10. The SMILES string of the molecule is CSC(=S)C(C)C. The summed E-state index contributed by atoms with van der Waals surface area (Å²) in [6.07, 6.45) is 2.02. The van der Waals surface area contributed by atoms with Crippen LogP contribution in [0.4, 0.5) is 0 Å². The number of hydrogen-bond acceptors (Lipinski definition) is 2. The van der Waals surface area contributed by atoms with Crippen LogP contribution in [0.15, 0.2) is 0 Å². The third-order valence-electron chi connectivity index (χ3n) is 0.673. The molecule has 0 bridgehead atoms. The van der Waals surface area contributed by atoms with Crippen LogP contribution < -0.4 is 0 Å². The maximum atomic E-state index is 4.94. The zero-order valence-electron chi connectivity index (χ0n) is 4.89. The molecule has 0 spiro atoms. The van der Waals surface area contributed by atoms with Crippen LogP contribution in [0, 0.1) is 5.92 Å². The standard InChI is InChI=1S/C5H10S2/c1-4(2)5(6)7-3/h4H,1-3H3. The van der Waals surface area contributed by atoms with Crippen LogP contribution in [-0.4, -0.2) is 10.5 Å². The van der Waals surface area contributed by atoms with Crippen LogP contribution in [0.3, 0.4) is 0 Å². The van der Waals surface area contributed by atoms with Crippen molar-refractivity contribution in [3.63, 3.8) is 0 Å². The van der Waals surface area contributed by atoms with Gasteiger partial charge in [0.15, 0.2) is 0 Å². The second-order valence-electron chi connectivity index (χ2n) is 1.68. The summed E-state index contributed by atoms with van der Waals surface area (Å²) in [6.45, 7) is 4.22. The predicted molar refractivity (Wildman–Crippen MR) is 41.0 cm³/mol. The third-order valence-corrected chi connectivity index (χ3v) is 2.52. The maximum absolute atomic E-state index is 4.94. The molecule has 0 radical (unpaired) electrons. The van der Waals surface area contributed by atoms with Crippen LogP contribution in [0.1, 0.15) is 13.8 Å². The highest BCUT2D eigenvalue weighted by Crippen LogP contribution is 2.07. The van der Waals surface area contributed by atoms with Crippen molar-refractivity contribution in [2.45, 2.75) is 13.8 Å². The van der Waals surface area contributed by atoms with Crippen molar-refractivity contribution in [1.29, 1.82) is 0 Å². The fourth-order valence-electron chi connectivity index (χ4n) is 0.236. The molecule has 0 rings (SSSR count). The van der Waals surface area contributed by atoms with Crippen LogP contribution >= 0.6 is 24.0 Å². The molecular weight excluding hydrogens is 124 g/mol. The Labute approximate surface area is 54.7 Å². The molecule has 2 heteroatoms. The molecule has 0 aliphatic rings. The smallest absolute Gasteiger partial charge is 0.0501 e. The van der Waals surface area contributed by atoms with Gasteiger partial charge in [-0.1, -0.05) is 26.1 Å². The normalized spacial score (nSPS) is 9.71. The Hall–Kier alpha value is 0.440. The molecule has 0 saturated carbocycles. The summed E-state index contributed by atoms with van der Waals surface area (Å²) in [5.74, 6) is 0.560. The van der Waals surface area contributed by atoms with E-state index in [1.807, 2.05) is 6.26 Å². The summed E-state index contributed by atoms with van der Waals surface area (Å²) in [5, 5.41) is 0. The van der Waals surface area contributed by atoms with Gasteiger partial charge in [-0.2, -0.15) is 0 Å². The van der Waals surface area contributed by atoms with Gasteiger partial charge in [0.25, 0.3) is 0 Å². The monoisotopic (exact) mass is 134 g/mol. The number of thioether (sulfide) groups is 1. The molecule has 0 saturated heterocycles. The Bertz CT molecular complexity index is 66.5. The predicted octanol–water partition coefficient (Wildman–Crippen LogP) is 2.33. The van der Waals surface area contributed by atoms with Gasteiger partial charge < -0.3 is 0 Å². The number of rotatable bonds is 1. The molecule has 0 unspecified atom stereocenters. The fourth-order valence-corrected chi connectivity index (χ4v) is 0.707. The van der Waals surface area contributed by atoms with E-state index < -0.39 is 0 Å². The number of hydrogen-bond donors (Lipinski definition) is 0. The molecule has 0 heterocycles. The van der Waals surface area contributed by atoms with Crippen molar-refractivity contribution in [3.05, 3.63) is 0 Å². The van der Waals surface area contributed by atoms with Gasteiger partial charge in [0.1, 0.15) is 0 Å². The van der Waals surface area contributed by atoms with Gasteiger partial charge in [0.2, 0.25) is 0 Å². The second-order valence-corrected chi connectivity index (χ2v) is 3.22. The summed E-state index contributed by atoms with van der Waals surface area (Å²) in [4.78, 5) is 0. The van der Waals surface area contributed by atoms with E-state index in [2.05, 4.69) is 13.8 Å². The topological polar surface area (TPSA) is 0 Å². The molecule has 0 fully saturated rings. The lowest BCUT2D eigenvalue weighted by Gasteiger charge is -1.99. The average molecular weight is 134 g/mol. The molecular formula is C5H10S2. The first-order valence-corrected chi connectivity index (χ1v) is 3.89. The van der Waals surface area contributed by atoms with E-state index in [-0.39, 0.29) is 0 Å². The summed E-state index contributed by atoms with van der Waals surface area (Å²) in [7, 11) is 0. The zero-order chi connectivity index (χ0) is 5.86. The lowest BCUT2D eigenvalue weighted by Crippen LogP contribution is -1.96. The highest BCUT2D eigenvalue weighted by molar-refractivity contribution is 8.22. The molecule has 0 atom stereocenters. The van der Waals surface area contributed by atoms with Crippen LogP contribution in [0.5, 0.6) is 0 Å². The van der Waals surface area contributed by atoms with Gasteiger partial charge in [0.05, 0.1) is 4.20 Å². The first-order valence-electron chi connectivity index (χ1n) is 2.26. The first kappa shape index (κ1) is 7.44. The van der Waals surface area contributed by atoms with Crippen molar-refractivity contribution >= 4 is 28.2 Å². The minimum absolute atomic E-state index is 0.560. The van der Waals surface area contributed by atoms with E-state index in [0.29, 0.717) is 5.92 Å². The van der Waals surface area contributed by atoms with E-state index in [4.69, 9.17) is 12.2 Å². The molecule has 0 amide bonds. The van der Waals surface area contributed by atoms with Gasteiger partial charge >= 0.3 is 0 Å². The molecule has 0 aliphatic carbocycles. The lowest BCUT2D eigenvalue weighted by molar-refractivity contribution is 0.915. The van der Waals surface area contributed by atoms with Crippen LogP contribution in [0.2, 0.25) is 0 Å². The minimum Gasteiger partial charge on any atom is -0.122 e. The zero-order valence-corrected chi connectivity index (χ0v) is 6.53.